The molecule has 4 rings (SSSR count). The Kier molecular flexibility index (Phi) is 6.59. The monoisotopic (exact) mass is 482 g/mol. The van der Waals surface area contributed by atoms with Crippen LogP contribution in [0.1, 0.15) is 50.7 Å². The number of hydrogen-bond acceptors (Lipinski definition) is 5. The van der Waals surface area contributed by atoms with Crippen LogP contribution in [0.25, 0.3) is 11.1 Å². The molecule has 1 fully saturated rings. The van der Waals surface area contributed by atoms with Crippen molar-refractivity contribution in [2.75, 3.05) is 13.2 Å². The van der Waals surface area contributed by atoms with Gasteiger partial charge >= 0.3 is 12.1 Å². The number of carboxylic acid groups (broad SMARTS) is 1. The van der Waals surface area contributed by atoms with Crippen LogP contribution in [0.4, 0.5) is 4.79 Å². The molecule has 2 aromatic rings. The van der Waals surface area contributed by atoms with Crippen molar-refractivity contribution in [1.82, 2.24) is 10.2 Å². The Bertz CT molecular complexity index is 1040. The zero-order chi connectivity index (χ0) is 24.7. The van der Waals surface area contributed by atoms with Gasteiger partial charge in [-0.2, -0.15) is 5.01 Å². The van der Waals surface area contributed by atoms with E-state index in [1.165, 1.54) is 5.01 Å². The van der Waals surface area contributed by atoms with Gasteiger partial charge in [-0.15, -0.1) is 5.17 Å². The van der Waals surface area contributed by atoms with Gasteiger partial charge in [0.1, 0.15) is 12.6 Å². The highest BCUT2D eigenvalue weighted by molar-refractivity contribution is 6.74. The molecule has 0 aromatic heterocycles. The van der Waals surface area contributed by atoms with Gasteiger partial charge < -0.3 is 14.4 Å². The van der Waals surface area contributed by atoms with E-state index >= 15 is 0 Å². The third-order valence-electron chi connectivity index (χ3n) is 7.36. The van der Waals surface area contributed by atoms with E-state index in [1.807, 2.05) is 37.4 Å². The maximum absolute atomic E-state index is 13.5. The smallest absolute Gasteiger partial charge is 0.448 e. The Morgan fingerprint density at radius 1 is 1.06 bits per heavy atom. The molecule has 0 spiro atoms. The molecule has 1 N–H and O–H groups in total. The summed E-state index contributed by atoms with van der Waals surface area (Å²) in [5.41, 5.74) is 4.55. The summed E-state index contributed by atoms with van der Waals surface area (Å²) in [6, 6.07) is 15.5. The van der Waals surface area contributed by atoms with Gasteiger partial charge in [-0.1, -0.05) is 69.3 Å². The Morgan fingerprint density at radius 2 is 1.62 bits per heavy atom. The number of rotatable bonds is 6. The molecule has 1 aliphatic carbocycles. The number of carbonyl (C=O) groups is 2. The number of hydrogen-bond donors (Lipinski definition) is 1. The molecule has 0 radical (unpaired) electrons. The van der Waals surface area contributed by atoms with E-state index in [9.17, 15) is 14.7 Å². The molecule has 8 heteroatoms. The van der Waals surface area contributed by atoms with Crippen molar-refractivity contribution in [3.05, 3.63) is 59.7 Å². The van der Waals surface area contributed by atoms with Crippen molar-refractivity contribution in [3.63, 3.8) is 0 Å². The minimum absolute atomic E-state index is 0.0834. The number of carbonyl (C=O) groups excluding carboxylic acids is 1. The molecule has 1 aliphatic heterocycles. The second-order valence-corrected chi connectivity index (χ2v) is 15.3. The lowest BCUT2D eigenvalue weighted by molar-refractivity contribution is -0.211. The van der Waals surface area contributed by atoms with E-state index in [1.54, 1.807) is 0 Å². The Morgan fingerprint density at radius 3 is 2.15 bits per heavy atom. The topological polar surface area (TPSA) is 79.3 Å². The number of ether oxygens (including phenoxy) is 1. The van der Waals surface area contributed by atoms with Crippen LogP contribution in [0.3, 0.4) is 0 Å². The predicted molar refractivity (Wildman–Crippen MR) is 133 cm³/mol. The van der Waals surface area contributed by atoms with Crippen LogP contribution >= 0.6 is 0 Å². The Hall–Kier alpha value is -2.68. The van der Waals surface area contributed by atoms with Crippen LogP contribution in [0, 0.1) is 0 Å². The number of amides is 1. The van der Waals surface area contributed by atoms with Crippen LogP contribution < -0.4 is 0 Å². The predicted octanol–water partition coefficient (Wildman–Crippen LogP) is 5.64. The molecule has 0 saturated carbocycles. The number of carboxylic acids is 1. The molecule has 182 valence electrons. The van der Waals surface area contributed by atoms with Gasteiger partial charge in [0.2, 0.25) is 8.32 Å². The van der Waals surface area contributed by atoms with E-state index in [0.717, 1.165) is 27.4 Å². The first-order valence-electron chi connectivity index (χ1n) is 11.8. The molecule has 34 heavy (non-hydrogen) atoms. The molecule has 1 amide bonds. The van der Waals surface area contributed by atoms with Crippen molar-refractivity contribution in [1.29, 1.82) is 0 Å². The van der Waals surface area contributed by atoms with Crippen molar-refractivity contribution in [2.45, 2.75) is 63.7 Å². The van der Waals surface area contributed by atoms with E-state index in [2.05, 4.69) is 45.0 Å². The first kappa shape index (κ1) is 24.4. The van der Waals surface area contributed by atoms with Gasteiger partial charge in [-0.25, -0.2) is 4.79 Å². The average molecular weight is 483 g/mol. The lowest BCUT2D eigenvalue weighted by atomic mass is 9.98. The quantitative estimate of drug-likeness (QED) is 0.424. The van der Waals surface area contributed by atoms with Crippen LogP contribution in [-0.2, 0) is 14.1 Å². The van der Waals surface area contributed by atoms with Gasteiger partial charge in [0.15, 0.2) is 0 Å². The molecule has 1 atom stereocenters. The molecular weight excluding hydrogens is 448 g/mol. The molecule has 0 unspecified atom stereocenters. The van der Waals surface area contributed by atoms with E-state index < -0.39 is 26.4 Å². The third kappa shape index (κ3) is 4.49. The molecule has 1 saturated heterocycles. The molecule has 1 heterocycles. The number of fused-ring (bicyclic) bond motifs is 3. The number of nitrogens with zero attached hydrogens (tertiary/aromatic N) is 2. The summed E-state index contributed by atoms with van der Waals surface area (Å²) >= 11 is 0. The molecule has 2 aliphatic rings. The summed E-state index contributed by atoms with van der Waals surface area (Å²) in [5, 5.41) is 12.2. The van der Waals surface area contributed by atoms with Gasteiger partial charge in [-0.05, 0) is 53.2 Å². The number of aliphatic carboxylic acids is 1. The summed E-state index contributed by atoms with van der Waals surface area (Å²) < 4.78 is 12.2. The van der Waals surface area contributed by atoms with Crippen molar-refractivity contribution in [3.8, 4) is 11.1 Å². The van der Waals surface area contributed by atoms with Crippen LogP contribution in [0.2, 0.25) is 18.1 Å². The summed E-state index contributed by atoms with van der Waals surface area (Å²) in [4.78, 5) is 25.3. The summed E-state index contributed by atoms with van der Waals surface area (Å²) in [5.74, 6) is -1.05. The number of benzene rings is 2. The standard InChI is InChI=1S/C26H34N2O5Si/c1-26(2,3)34(4,5)33-28(27-16-10-15-23(27)24(29)30)25(31)32-17-22-20-13-8-6-11-18(20)19-12-7-9-14-21(19)22/h6-9,11-14,22-23H,10,15-17H2,1-5H3,(H,29,30)/t23-/m0/s1. The van der Waals surface area contributed by atoms with Crippen LogP contribution in [0.15, 0.2) is 48.5 Å². The maximum atomic E-state index is 13.5. The van der Waals surface area contributed by atoms with Crippen LogP contribution in [0.5, 0.6) is 0 Å². The minimum Gasteiger partial charge on any atom is -0.480 e. The zero-order valence-corrected chi connectivity index (χ0v) is 21.6. The largest absolute Gasteiger partial charge is 0.480 e. The Labute approximate surface area is 202 Å². The highest BCUT2D eigenvalue weighted by Crippen LogP contribution is 2.45. The van der Waals surface area contributed by atoms with Crippen molar-refractivity contribution >= 4 is 20.4 Å². The van der Waals surface area contributed by atoms with Crippen LogP contribution in [-0.4, -0.2) is 54.9 Å². The first-order chi connectivity index (χ1) is 16.0. The van der Waals surface area contributed by atoms with E-state index in [4.69, 9.17) is 9.26 Å². The Balaban J connectivity index is 1.58. The lowest BCUT2D eigenvalue weighted by Gasteiger charge is -2.42. The first-order valence-corrected chi connectivity index (χ1v) is 14.8. The lowest BCUT2D eigenvalue weighted by Crippen LogP contribution is -2.57. The van der Waals surface area contributed by atoms with E-state index in [0.29, 0.717) is 19.4 Å². The van der Waals surface area contributed by atoms with Gasteiger partial charge in [0.25, 0.3) is 0 Å². The highest BCUT2D eigenvalue weighted by Gasteiger charge is 2.46. The number of hydroxylamine groups is 1. The van der Waals surface area contributed by atoms with Gasteiger partial charge in [-0.3, -0.25) is 4.79 Å². The average Bonchev–Trinajstić information content (AvgIpc) is 3.38. The summed E-state index contributed by atoms with van der Waals surface area (Å²) in [6.07, 6.45) is 0.466. The van der Waals surface area contributed by atoms with Crippen molar-refractivity contribution in [2.24, 2.45) is 0 Å². The van der Waals surface area contributed by atoms with Gasteiger partial charge in [0.05, 0.1) is 0 Å². The summed E-state index contributed by atoms with van der Waals surface area (Å²) in [7, 11) is -2.45. The molecule has 2 aromatic carbocycles. The third-order valence-corrected chi connectivity index (χ3v) is 11.6. The van der Waals surface area contributed by atoms with E-state index in [-0.39, 0.29) is 17.6 Å². The highest BCUT2D eigenvalue weighted by atomic mass is 28.4. The molecular formula is C26H34N2O5Si. The fourth-order valence-corrected chi connectivity index (χ4v) is 5.30. The zero-order valence-electron chi connectivity index (χ0n) is 20.6. The molecule has 7 nitrogen and oxygen atoms in total. The maximum Gasteiger partial charge on any atom is 0.448 e. The minimum atomic E-state index is -2.45. The SMILES string of the molecule is CC(C)(C)[Si](C)(C)ON(C(=O)OCC1c2ccccc2-c2ccccc21)N1CCC[C@H]1C(=O)O. The molecule has 0 bridgehead atoms. The number of hydrazine groups is 1. The fraction of sp³-hybridized carbons (Fsp3) is 0.462. The van der Waals surface area contributed by atoms with Crippen molar-refractivity contribution < 1.29 is 24.0 Å². The summed E-state index contributed by atoms with van der Waals surface area (Å²) in [6.45, 7) is 10.9. The fourth-order valence-electron chi connectivity index (χ4n) is 4.42. The van der Waals surface area contributed by atoms with Gasteiger partial charge in [0, 0.05) is 12.5 Å². The normalized spacial score (nSPS) is 18.4. The second-order valence-electron chi connectivity index (χ2n) is 10.6. The second kappa shape index (κ2) is 9.17.